The van der Waals surface area contributed by atoms with Crippen molar-refractivity contribution >= 4 is 22.4 Å². The number of nitrogens with one attached hydrogen (secondary N) is 1. The Morgan fingerprint density at radius 3 is 2.77 bits per heavy atom. The Balaban J connectivity index is 1.82. The summed E-state index contributed by atoms with van der Waals surface area (Å²) in [6, 6.07) is 9.31. The van der Waals surface area contributed by atoms with Crippen LogP contribution in [0.5, 0.6) is 0 Å². The molecule has 118 valence electrons. The predicted octanol–water partition coefficient (Wildman–Crippen LogP) is 3.30. The third-order valence-corrected chi connectivity index (χ3v) is 4.24. The number of carbonyl (C=O) groups is 1. The van der Waals surface area contributed by atoms with Crippen molar-refractivity contribution in [1.82, 2.24) is 10.2 Å². The van der Waals surface area contributed by atoms with E-state index in [0.29, 0.717) is 5.13 Å². The molecule has 1 atom stereocenters. The first kappa shape index (κ1) is 16.6. The van der Waals surface area contributed by atoms with Crippen LogP contribution in [0.15, 0.2) is 30.3 Å². The summed E-state index contributed by atoms with van der Waals surface area (Å²) in [4.78, 5) is 12.0. The van der Waals surface area contributed by atoms with Crippen LogP contribution in [-0.4, -0.2) is 16.1 Å². The first-order valence-corrected chi connectivity index (χ1v) is 8.43. The van der Waals surface area contributed by atoms with Crippen molar-refractivity contribution in [3.05, 3.63) is 40.9 Å². The Morgan fingerprint density at radius 2 is 2.05 bits per heavy atom. The van der Waals surface area contributed by atoms with Gasteiger partial charge < -0.3 is 11.1 Å². The van der Waals surface area contributed by atoms with Crippen LogP contribution in [0.1, 0.15) is 49.2 Å². The van der Waals surface area contributed by atoms with E-state index in [1.165, 1.54) is 24.2 Å². The molecule has 0 aliphatic rings. The molecule has 5 nitrogen and oxygen atoms in total. The van der Waals surface area contributed by atoms with Crippen LogP contribution >= 0.6 is 11.3 Å². The number of aryl methyl sites for hydroxylation is 1. The maximum atomic E-state index is 12.0. The summed E-state index contributed by atoms with van der Waals surface area (Å²) in [7, 11) is 0. The van der Waals surface area contributed by atoms with Gasteiger partial charge in [-0.3, -0.25) is 4.79 Å². The minimum absolute atomic E-state index is 0.132. The van der Waals surface area contributed by atoms with Crippen molar-refractivity contribution in [3.63, 3.8) is 0 Å². The van der Waals surface area contributed by atoms with Gasteiger partial charge in [0, 0.05) is 18.9 Å². The summed E-state index contributed by atoms with van der Waals surface area (Å²) in [5.41, 5.74) is 7.00. The van der Waals surface area contributed by atoms with Gasteiger partial charge in [-0.2, -0.15) is 0 Å². The van der Waals surface area contributed by atoms with E-state index in [2.05, 4.69) is 22.4 Å². The lowest BCUT2D eigenvalue weighted by Crippen LogP contribution is -2.20. The molecule has 0 radical (unpaired) electrons. The quantitative estimate of drug-likeness (QED) is 0.732. The molecule has 1 aromatic carbocycles. The lowest BCUT2D eigenvalue weighted by molar-refractivity contribution is -0.116. The highest BCUT2D eigenvalue weighted by Crippen LogP contribution is 2.19. The molecule has 1 heterocycles. The first-order valence-electron chi connectivity index (χ1n) is 7.61. The Morgan fingerprint density at radius 1 is 1.27 bits per heavy atom. The van der Waals surface area contributed by atoms with Gasteiger partial charge in [-0.25, -0.2) is 0 Å². The third kappa shape index (κ3) is 5.20. The molecule has 0 aliphatic carbocycles. The number of amides is 1. The summed E-state index contributed by atoms with van der Waals surface area (Å²) >= 11 is 1.44. The molecule has 6 heteroatoms. The number of unbranched alkanes of at least 4 members (excludes halogenated alkanes) is 2. The molecule has 3 N–H and O–H groups in total. The summed E-state index contributed by atoms with van der Waals surface area (Å²) in [6.45, 7) is 2.17. The zero-order chi connectivity index (χ0) is 15.8. The zero-order valence-corrected chi connectivity index (χ0v) is 13.6. The van der Waals surface area contributed by atoms with Gasteiger partial charge in [-0.05, 0) is 12.0 Å². The van der Waals surface area contributed by atoms with E-state index in [4.69, 9.17) is 5.73 Å². The second-order valence-corrected chi connectivity index (χ2v) is 6.29. The number of hydrogen-bond acceptors (Lipinski definition) is 5. The minimum atomic E-state index is -0.307. The highest BCUT2D eigenvalue weighted by molar-refractivity contribution is 7.15. The van der Waals surface area contributed by atoms with Crippen LogP contribution in [-0.2, 0) is 11.2 Å². The van der Waals surface area contributed by atoms with Gasteiger partial charge in [0.15, 0.2) is 0 Å². The van der Waals surface area contributed by atoms with E-state index in [1.807, 2.05) is 30.3 Å². The molecule has 1 unspecified atom stereocenters. The highest BCUT2D eigenvalue weighted by Gasteiger charge is 2.13. The molecule has 2 rings (SSSR count). The lowest BCUT2D eigenvalue weighted by atomic mass is 10.0. The second kappa shape index (κ2) is 8.60. The van der Waals surface area contributed by atoms with Crippen LogP contribution in [0.4, 0.5) is 5.13 Å². The van der Waals surface area contributed by atoms with Gasteiger partial charge in [0.1, 0.15) is 5.01 Å². The summed E-state index contributed by atoms with van der Waals surface area (Å²) < 4.78 is 0. The minimum Gasteiger partial charge on any atom is -0.324 e. The van der Waals surface area contributed by atoms with Crippen molar-refractivity contribution in [2.24, 2.45) is 5.73 Å². The number of nitrogens with two attached hydrogens (primary N) is 1. The smallest absolute Gasteiger partial charge is 0.228 e. The third-order valence-electron chi connectivity index (χ3n) is 3.34. The number of aromatic nitrogens is 2. The van der Waals surface area contributed by atoms with Crippen molar-refractivity contribution in [2.75, 3.05) is 5.32 Å². The van der Waals surface area contributed by atoms with Gasteiger partial charge in [-0.15, -0.1) is 10.2 Å². The summed E-state index contributed by atoms with van der Waals surface area (Å²) in [6.07, 6.45) is 4.63. The fourth-order valence-corrected chi connectivity index (χ4v) is 2.92. The molecule has 22 heavy (non-hydrogen) atoms. The molecule has 2 aromatic rings. The molecule has 1 aromatic heterocycles. The van der Waals surface area contributed by atoms with Gasteiger partial charge >= 0.3 is 0 Å². The molecule has 0 aliphatic heterocycles. The Kier molecular flexibility index (Phi) is 6.48. The van der Waals surface area contributed by atoms with Crippen molar-refractivity contribution < 1.29 is 4.79 Å². The fourth-order valence-electron chi connectivity index (χ4n) is 2.12. The lowest BCUT2D eigenvalue weighted by Gasteiger charge is -2.10. The molecule has 0 fully saturated rings. The van der Waals surface area contributed by atoms with E-state index in [1.54, 1.807) is 0 Å². The first-order chi connectivity index (χ1) is 10.7. The number of anilines is 1. The maximum absolute atomic E-state index is 12.0. The summed E-state index contributed by atoms with van der Waals surface area (Å²) in [5, 5.41) is 12.4. The number of benzene rings is 1. The maximum Gasteiger partial charge on any atom is 0.228 e. The Hall–Kier alpha value is -1.79. The second-order valence-electron chi connectivity index (χ2n) is 5.23. The van der Waals surface area contributed by atoms with E-state index >= 15 is 0 Å². The monoisotopic (exact) mass is 318 g/mol. The normalized spacial score (nSPS) is 12.1. The van der Waals surface area contributed by atoms with E-state index in [0.717, 1.165) is 23.4 Å². The predicted molar refractivity (Wildman–Crippen MR) is 89.8 cm³/mol. The van der Waals surface area contributed by atoms with Crippen molar-refractivity contribution in [3.8, 4) is 0 Å². The van der Waals surface area contributed by atoms with Crippen LogP contribution in [0.3, 0.4) is 0 Å². The zero-order valence-electron chi connectivity index (χ0n) is 12.8. The van der Waals surface area contributed by atoms with Crippen LogP contribution < -0.4 is 11.1 Å². The largest absolute Gasteiger partial charge is 0.324 e. The van der Waals surface area contributed by atoms with Gasteiger partial charge in [0.05, 0.1) is 0 Å². The van der Waals surface area contributed by atoms with Crippen LogP contribution in [0.2, 0.25) is 0 Å². The van der Waals surface area contributed by atoms with Crippen LogP contribution in [0.25, 0.3) is 0 Å². The number of carbonyl (C=O) groups excluding carboxylic acids is 1. The Bertz CT molecular complexity index is 585. The van der Waals surface area contributed by atoms with Gasteiger partial charge in [-0.1, -0.05) is 61.4 Å². The van der Waals surface area contributed by atoms with E-state index in [9.17, 15) is 4.79 Å². The average Bonchev–Trinajstić information content (AvgIpc) is 2.95. The van der Waals surface area contributed by atoms with Gasteiger partial charge in [0.2, 0.25) is 11.0 Å². The number of rotatable bonds is 8. The molecule has 0 saturated heterocycles. The summed E-state index contributed by atoms with van der Waals surface area (Å²) in [5.74, 6) is -0.132. The number of nitrogens with zero attached hydrogens (tertiary/aromatic N) is 2. The Labute approximate surface area is 135 Å². The van der Waals surface area contributed by atoms with Gasteiger partial charge in [0.25, 0.3) is 0 Å². The highest BCUT2D eigenvalue weighted by atomic mass is 32.1. The molecular weight excluding hydrogens is 296 g/mol. The average molecular weight is 318 g/mol. The fraction of sp³-hybridized carbons (Fsp3) is 0.438. The molecule has 0 spiro atoms. The molecule has 0 saturated carbocycles. The van der Waals surface area contributed by atoms with Crippen molar-refractivity contribution in [2.45, 2.75) is 45.1 Å². The molecule has 0 bridgehead atoms. The van der Waals surface area contributed by atoms with Crippen LogP contribution in [0, 0.1) is 0 Å². The van der Waals surface area contributed by atoms with Crippen molar-refractivity contribution in [1.29, 1.82) is 0 Å². The topological polar surface area (TPSA) is 80.9 Å². The number of hydrogen-bond donors (Lipinski definition) is 2. The SMILES string of the molecule is CCCCCc1nnc(NC(=O)CC(N)c2ccccc2)s1. The van der Waals surface area contributed by atoms with E-state index in [-0.39, 0.29) is 18.4 Å². The molecular formula is C16H22N4OS. The van der Waals surface area contributed by atoms with E-state index < -0.39 is 0 Å². The molecule has 1 amide bonds. The standard InChI is InChI=1S/C16H22N4OS/c1-2-3-5-10-15-19-20-16(22-15)18-14(21)11-13(17)12-8-6-4-7-9-12/h4,6-9,13H,2-3,5,10-11,17H2,1H3,(H,18,20,21).